The van der Waals surface area contributed by atoms with Crippen LogP contribution in [0.25, 0.3) is 5.69 Å². The van der Waals surface area contributed by atoms with Gasteiger partial charge < -0.3 is 15.4 Å². The van der Waals surface area contributed by atoms with E-state index in [1.165, 1.54) is 18.8 Å². The van der Waals surface area contributed by atoms with Crippen molar-refractivity contribution in [2.75, 3.05) is 24.7 Å². The second-order valence-corrected chi connectivity index (χ2v) is 9.23. The van der Waals surface area contributed by atoms with E-state index in [2.05, 4.69) is 21.7 Å². The number of ether oxygens (including phenoxy) is 1. The van der Waals surface area contributed by atoms with Crippen molar-refractivity contribution in [2.24, 2.45) is 0 Å². The number of thiophene rings is 1. The zero-order valence-electron chi connectivity index (χ0n) is 19.1. The van der Waals surface area contributed by atoms with Gasteiger partial charge in [-0.25, -0.2) is 9.78 Å². The summed E-state index contributed by atoms with van der Waals surface area (Å²) in [6.07, 6.45) is 3.55. The minimum Gasteiger partial charge on any atom is -0.462 e. The summed E-state index contributed by atoms with van der Waals surface area (Å²) in [6, 6.07) is 6.17. The molecule has 0 radical (unpaired) electrons. The number of hydrogen-bond donors (Lipinski definition) is 2. The number of rotatable bonds is 8. The number of benzene rings is 1. The molecule has 2 aromatic heterocycles. The Hall–Kier alpha value is -3.11. The topological polar surface area (TPSA) is 102 Å². The molecule has 2 heterocycles. The molecule has 0 saturated carbocycles. The number of aryl methyl sites for hydroxylation is 2. The van der Waals surface area contributed by atoms with Crippen molar-refractivity contribution in [3.8, 4) is 5.69 Å². The number of nitrogens with zero attached hydrogens (tertiary/aromatic N) is 2. The van der Waals surface area contributed by atoms with E-state index in [1.807, 2.05) is 36.7 Å². The first-order valence-corrected chi connectivity index (χ1v) is 12.1. The molecular formula is C23H26N4O4S2. The maximum absolute atomic E-state index is 12.8. The summed E-state index contributed by atoms with van der Waals surface area (Å²) >= 11 is 2.34. The van der Waals surface area contributed by atoms with Crippen molar-refractivity contribution < 1.29 is 19.1 Å². The van der Waals surface area contributed by atoms with E-state index in [0.717, 1.165) is 28.2 Å². The summed E-state index contributed by atoms with van der Waals surface area (Å²) in [5.74, 6) is -1.13. The molecule has 1 aromatic carbocycles. The van der Waals surface area contributed by atoms with E-state index in [0.29, 0.717) is 20.6 Å². The molecule has 3 rings (SSSR count). The van der Waals surface area contributed by atoms with Crippen LogP contribution in [0.15, 0.2) is 35.7 Å². The highest BCUT2D eigenvalue weighted by atomic mass is 32.2. The monoisotopic (exact) mass is 486 g/mol. The smallest absolute Gasteiger partial charge is 0.341 e. The van der Waals surface area contributed by atoms with E-state index in [9.17, 15) is 14.4 Å². The van der Waals surface area contributed by atoms with Gasteiger partial charge in [0.1, 0.15) is 5.00 Å². The Labute approximate surface area is 200 Å². The van der Waals surface area contributed by atoms with Crippen LogP contribution in [0.5, 0.6) is 0 Å². The maximum atomic E-state index is 12.8. The van der Waals surface area contributed by atoms with Gasteiger partial charge in [0.2, 0.25) is 5.91 Å². The average Bonchev–Trinajstić information content (AvgIpc) is 3.37. The normalized spacial score (nSPS) is 10.7. The SMILES string of the molecule is CCOC(=O)c1c(NC(=O)CSc2nccn2-c2cc(C)ccc2C)sc(C(=O)NC)c1C. The summed E-state index contributed by atoms with van der Waals surface area (Å²) in [4.78, 5) is 42.2. The fraction of sp³-hybridized carbons (Fsp3) is 0.304. The second-order valence-electron chi connectivity index (χ2n) is 7.27. The molecule has 0 fully saturated rings. The first-order valence-electron chi connectivity index (χ1n) is 10.3. The lowest BCUT2D eigenvalue weighted by Crippen LogP contribution is -2.18. The van der Waals surface area contributed by atoms with Gasteiger partial charge in [-0.1, -0.05) is 23.9 Å². The number of carbonyl (C=O) groups excluding carboxylic acids is 3. The first kappa shape index (κ1) is 24.5. The molecule has 174 valence electrons. The Morgan fingerprint density at radius 3 is 2.67 bits per heavy atom. The molecule has 0 bridgehead atoms. The third-order valence-electron chi connectivity index (χ3n) is 4.88. The van der Waals surface area contributed by atoms with Crippen molar-refractivity contribution in [1.82, 2.24) is 14.9 Å². The van der Waals surface area contributed by atoms with Gasteiger partial charge in [-0.05, 0) is 50.5 Å². The van der Waals surface area contributed by atoms with Crippen LogP contribution in [0.4, 0.5) is 5.00 Å². The third-order valence-corrected chi connectivity index (χ3v) is 7.05. The van der Waals surface area contributed by atoms with Crippen molar-refractivity contribution in [1.29, 1.82) is 0 Å². The fourth-order valence-electron chi connectivity index (χ4n) is 3.23. The highest BCUT2D eigenvalue weighted by Crippen LogP contribution is 2.34. The number of imidazole rings is 1. The fourth-order valence-corrected chi connectivity index (χ4v) is 5.16. The standard InChI is InChI=1S/C23H26N4O4S2/c1-6-31-22(30)18-15(4)19(20(29)24-5)33-21(18)26-17(28)12-32-23-25-9-10-27(23)16-11-13(2)7-8-14(16)3/h7-11H,6,12H2,1-5H3,(H,24,29)(H,26,28). The number of hydrogen-bond acceptors (Lipinski definition) is 7. The quantitative estimate of drug-likeness (QED) is 0.367. The van der Waals surface area contributed by atoms with Crippen molar-refractivity contribution in [3.63, 3.8) is 0 Å². The second kappa shape index (κ2) is 10.7. The first-order chi connectivity index (χ1) is 15.8. The average molecular weight is 487 g/mol. The zero-order valence-corrected chi connectivity index (χ0v) is 20.8. The third kappa shape index (κ3) is 5.45. The van der Waals surface area contributed by atoms with Crippen LogP contribution in [0.1, 0.15) is 43.6 Å². The zero-order chi connectivity index (χ0) is 24.1. The minimum atomic E-state index is -0.574. The van der Waals surface area contributed by atoms with Crippen LogP contribution in [-0.2, 0) is 9.53 Å². The molecule has 2 N–H and O–H groups in total. The van der Waals surface area contributed by atoms with Crippen LogP contribution < -0.4 is 10.6 Å². The molecule has 10 heteroatoms. The summed E-state index contributed by atoms with van der Waals surface area (Å²) < 4.78 is 7.08. The van der Waals surface area contributed by atoms with Gasteiger partial charge in [-0.2, -0.15) is 0 Å². The predicted octanol–water partition coefficient (Wildman–Crippen LogP) is 4.13. The Balaban J connectivity index is 1.79. The number of aromatic nitrogens is 2. The summed E-state index contributed by atoms with van der Waals surface area (Å²) in [7, 11) is 1.51. The van der Waals surface area contributed by atoms with Crippen LogP contribution in [0.3, 0.4) is 0 Å². The van der Waals surface area contributed by atoms with Crippen LogP contribution in [0.2, 0.25) is 0 Å². The summed E-state index contributed by atoms with van der Waals surface area (Å²) in [5.41, 5.74) is 3.91. The van der Waals surface area contributed by atoms with Gasteiger partial charge in [0.25, 0.3) is 5.91 Å². The maximum Gasteiger partial charge on any atom is 0.341 e. The lowest BCUT2D eigenvalue weighted by Gasteiger charge is -2.11. The van der Waals surface area contributed by atoms with E-state index >= 15 is 0 Å². The summed E-state index contributed by atoms with van der Waals surface area (Å²) in [6.45, 7) is 7.60. The van der Waals surface area contributed by atoms with E-state index in [1.54, 1.807) is 20.0 Å². The van der Waals surface area contributed by atoms with E-state index in [-0.39, 0.29) is 29.7 Å². The van der Waals surface area contributed by atoms with Gasteiger partial charge in [-0.15, -0.1) is 11.3 Å². The molecule has 0 atom stereocenters. The summed E-state index contributed by atoms with van der Waals surface area (Å²) in [5, 5.41) is 6.30. The number of anilines is 1. The molecule has 0 unspecified atom stereocenters. The van der Waals surface area contributed by atoms with Gasteiger partial charge in [0, 0.05) is 19.4 Å². The number of nitrogens with one attached hydrogen (secondary N) is 2. The number of amides is 2. The molecular weight excluding hydrogens is 460 g/mol. The molecule has 0 saturated heterocycles. The van der Waals surface area contributed by atoms with Crippen LogP contribution in [-0.4, -0.2) is 46.7 Å². The molecule has 0 aliphatic carbocycles. The molecule has 33 heavy (non-hydrogen) atoms. The van der Waals surface area contributed by atoms with Crippen molar-refractivity contribution in [3.05, 3.63) is 57.7 Å². The Bertz CT molecular complexity index is 1200. The number of esters is 1. The molecule has 0 spiro atoms. The lowest BCUT2D eigenvalue weighted by molar-refractivity contribution is -0.113. The predicted molar refractivity (Wildman–Crippen MR) is 131 cm³/mol. The highest BCUT2D eigenvalue weighted by molar-refractivity contribution is 7.99. The molecule has 8 nitrogen and oxygen atoms in total. The molecule has 0 aliphatic heterocycles. The van der Waals surface area contributed by atoms with E-state index < -0.39 is 5.97 Å². The van der Waals surface area contributed by atoms with Crippen LogP contribution >= 0.6 is 23.1 Å². The minimum absolute atomic E-state index is 0.0798. The van der Waals surface area contributed by atoms with Gasteiger partial charge >= 0.3 is 5.97 Å². The van der Waals surface area contributed by atoms with Gasteiger partial charge in [0.15, 0.2) is 5.16 Å². The molecule has 0 aliphatic rings. The Morgan fingerprint density at radius 2 is 1.97 bits per heavy atom. The number of carbonyl (C=O) groups is 3. The molecule has 3 aromatic rings. The Morgan fingerprint density at radius 1 is 1.21 bits per heavy atom. The number of thioether (sulfide) groups is 1. The molecule has 2 amide bonds. The largest absolute Gasteiger partial charge is 0.462 e. The van der Waals surface area contributed by atoms with Gasteiger partial charge in [0.05, 0.1) is 28.5 Å². The van der Waals surface area contributed by atoms with Crippen molar-refractivity contribution >= 4 is 45.9 Å². The van der Waals surface area contributed by atoms with Crippen molar-refractivity contribution in [2.45, 2.75) is 32.9 Å². The van der Waals surface area contributed by atoms with Gasteiger partial charge in [-0.3, -0.25) is 14.2 Å². The Kier molecular flexibility index (Phi) is 7.93. The van der Waals surface area contributed by atoms with E-state index in [4.69, 9.17) is 4.74 Å². The lowest BCUT2D eigenvalue weighted by atomic mass is 10.1. The highest BCUT2D eigenvalue weighted by Gasteiger charge is 2.26. The van der Waals surface area contributed by atoms with Crippen LogP contribution in [0, 0.1) is 20.8 Å².